The summed E-state index contributed by atoms with van der Waals surface area (Å²) in [5, 5.41) is 10.9. The third-order valence-electron chi connectivity index (χ3n) is 4.73. The van der Waals surface area contributed by atoms with Crippen LogP contribution in [0.1, 0.15) is 16.4 Å². The third kappa shape index (κ3) is 2.61. The molecule has 2 atom stereocenters. The number of hydrogen-bond donors (Lipinski definition) is 1. The molecular formula is C16H18FN5O. The summed E-state index contributed by atoms with van der Waals surface area (Å²) >= 11 is 0. The number of nitrogens with zero attached hydrogens (tertiary/aromatic N) is 4. The molecule has 2 aliphatic heterocycles. The Hall–Kier alpha value is -2.28. The van der Waals surface area contributed by atoms with Crippen LogP contribution < -0.4 is 5.32 Å². The maximum Gasteiger partial charge on any atom is 0.293 e. The molecule has 1 aromatic heterocycles. The second-order valence-electron chi connectivity index (χ2n) is 6.46. The van der Waals surface area contributed by atoms with E-state index in [1.165, 1.54) is 12.1 Å². The minimum atomic E-state index is -0.386. The molecule has 0 unspecified atom stereocenters. The van der Waals surface area contributed by atoms with Gasteiger partial charge in [0.25, 0.3) is 5.91 Å². The van der Waals surface area contributed by atoms with Gasteiger partial charge in [-0.2, -0.15) is 0 Å². The van der Waals surface area contributed by atoms with Crippen molar-refractivity contribution >= 4 is 11.6 Å². The molecule has 1 saturated heterocycles. The number of halogens is 1. The van der Waals surface area contributed by atoms with Gasteiger partial charge in [0.2, 0.25) is 5.82 Å². The van der Waals surface area contributed by atoms with Crippen LogP contribution in [0.3, 0.4) is 0 Å². The van der Waals surface area contributed by atoms with Gasteiger partial charge >= 0.3 is 0 Å². The van der Waals surface area contributed by atoms with Gasteiger partial charge in [0, 0.05) is 31.7 Å². The molecule has 0 spiro atoms. The van der Waals surface area contributed by atoms with Crippen LogP contribution in [-0.4, -0.2) is 45.7 Å². The first-order valence-electron chi connectivity index (χ1n) is 7.77. The van der Waals surface area contributed by atoms with Crippen molar-refractivity contribution < 1.29 is 9.18 Å². The summed E-state index contributed by atoms with van der Waals surface area (Å²) in [6.45, 7) is 2.87. The van der Waals surface area contributed by atoms with Gasteiger partial charge in [-0.15, -0.1) is 10.2 Å². The van der Waals surface area contributed by atoms with Gasteiger partial charge in [-0.25, -0.2) is 4.39 Å². The molecule has 2 aliphatic rings. The zero-order valence-electron chi connectivity index (χ0n) is 12.9. The van der Waals surface area contributed by atoms with E-state index in [9.17, 15) is 9.18 Å². The van der Waals surface area contributed by atoms with E-state index in [1.54, 1.807) is 12.1 Å². The second kappa shape index (κ2) is 5.42. The summed E-state index contributed by atoms with van der Waals surface area (Å²) in [5.74, 6) is 1.56. The van der Waals surface area contributed by atoms with E-state index in [4.69, 9.17) is 0 Å². The lowest BCUT2D eigenvalue weighted by molar-refractivity contribution is 0.100. The Kier molecular flexibility index (Phi) is 3.37. The second-order valence-corrected chi connectivity index (χ2v) is 6.46. The number of fused-ring (bicyclic) bond motifs is 2. The normalized spacial score (nSPS) is 23.4. The van der Waals surface area contributed by atoms with Crippen molar-refractivity contribution in [2.45, 2.75) is 13.0 Å². The number of anilines is 1. The van der Waals surface area contributed by atoms with E-state index in [2.05, 4.69) is 27.5 Å². The molecular weight excluding hydrogens is 297 g/mol. The largest absolute Gasteiger partial charge is 0.319 e. The molecule has 3 heterocycles. The molecule has 1 N–H and O–H groups in total. The summed E-state index contributed by atoms with van der Waals surface area (Å²) in [4.78, 5) is 14.8. The molecule has 0 radical (unpaired) electrons. The fraction of sp³-hybridized carbons (Fsp3) is 0.438. The van der Waals surface area contributed by atoms with Crippen molar-refractivity contribution in [3.8, 4) is 0 Å². The van der Waals surface area contributed by atoms with E-state index in [1.807, 2.05) is 4.57 Å². The number of carbonyl (C=O) groups excluding carboxylic acids is 1. The van der Waals surface area contributed by atoms with Crippen LogP contribution in [0, 0.1) is 17.7 Å². The molecule has 2 aromatic rings. The molecule has 0 bridgehead atoms. The highest BCUT2D eigenvalue weighted by molar-refractivity contribution is 6.01. The molecule has 0 aliphatic carbocycles. The molecule has 7 heteroatoms. The summed E-state index contributed by atoms with van der Waals surface area (Å²) in [6, 6.07) is 5.83. The Morgan fingerprint density at radius 2 is 2.09 bits per heavy atom. The molecule has 6 nitrogen and oxygen atoms in total. The summed E-state index contributed by atoms with van der Waals surface area (Å²) < 4.78 is 15.1. The van der Waals surface area contributed by atoms with Crippen molar-refractivity contribution in [2.24, 2.45) is 11.8 Å². The highest BCUT2D eigenvalue weighted by Crippen LogP contribution is 2.31. The first-order valence-corrected chi connectivity index (χ1v) is 7.77. The fourth-order valence-corrected chi connectivity index (χ4v) is 3.68. The number of amides is 1. The first-order chi connectivity index (χ1) is 11.1. The summed E-state index contributed by atoms with van der Waals surface area (Å²) in [5.41, 5.74) is 0.418. The Morgan fingerprint density at radius 3 is 2.91 bits per heavy atom. The Bertz CT molecular complexity index is 759. The van der Waals surface area contributed by atoms with Crippen LogP contribution in [0.2, 0.25) is 0 Å². The smallest absolute Gasteiger partial charge is 0.293 e. The van der Waals surface area contributed by atoms with E-state index >= 15 is 0 Å². The van der Waals surface area contributed by atoms with Gasteiger partial charge in [0.05, 0.1) is 0 Å². The van der Waals surface area contributed by atoms with Gasteiger partial charge in [0.1, 0.15) is 11.6 Å². The SMILES string of the molecule is CN1C[C@H]2Cc3nnc(C(=O)Nc4cccc(F)c4)n3C[C@@H]2C1. The Balaban J connectivity index is 1.56. The van der Waals surface area contributed by atoms with Gasteiger partial charge < -0.3 is 14.8 Å². The van der Waals surface area contributed by atoms with Gasteiger partial charge in [-0.1, -0.05) is 6.07 Å². The van der Waals surface area contributed by atoms with E-state index in [-0.39, 0.29) is 11.7 Å². The minimum Gasteiger partial charge on any atom is -0.319 e. The number of nitrogens with one attached hydrogen (secondary N) is 1. The topological polar surface area (TPSA) is 63.1 Å². The van der Waals surface area contributed by atoms with Crippen LogP contribution in [0.4, 0.5) is 10.1 Å². The van der Waals surface area contributed by atoms with Gasteiger partial charge in [0.15, 0.2) is 0 Å². The van der Waals surface area contributed by atoms with Crippen molar-refractivity contribution in [2.75, 3.05) is 25.5 Å². The number of rotatable bonds is 2. The Morgan fingerprint density at radius 1 is 1.26 bits per heavy atom. The Labute approximate surface area is 133 Å². The number of carbonyl (C=O) groups is 1. The van der Waals surface area contributed by atoms with Crippen LogP contribution in [0.15, 0.2) is 24.3 Å². The summed E-state index contributed by atoms with van der Waals surface area (Å²) in [6.07, 6.45) is 0.856. The van der Waals surface area contributed by atoms with Crippen molar-refractivity contribution in [1.29, 1.82) is 0 Å². The standard InChI is InChI=1S/C16H18FN5O/c1-21-7-10-5-14-19-20-15(22(14)9-11(10)8-21)16(23)18-13-4-2-3-12(17)6-13/h2-4,6,10-11H,5,7-9H2,1H3,(H,18,23)/t10-,11+/m1/s1. The van der Waals surface area contributed by atoms with Crippen molar-refractivity contribution in [1.82, 2.24) is 19.7 Å². The number of hydrogen-bond acceptors (Lipinski definition) is 4. The van der Waals surface area contributed by atoms with E-state index in [0.717, 1.165) is 31.9 Å². The molecule has 120 valence electrons. The highest BCUT2D eigenvalue weighted by Gasteiger charge is 2.37. The minimum absolute atomic E-state index is 0.303. The average molecular weight is 315 g/mol. The highest BCUT2D eigenvalue weighted by atomic mass is 19.1. The monoisotopic (exact) mass is 315 g/mol. The molecule has 4 rings (SSSR count). The maximum absolute atomic E-state index is 13.2. The summed E-state index contributed by atoms with van der Waals surface area (Å²) in [7, 11) is 2.12. The van der Waals surface area contributed by atoms with Crippen LogP contribution >= 0.6 is 0 Å². The lowest BCUT2D eigenvalue weighted by atomic mass is 9.89. The average Bonchev–Trinajstić information content (AvgIpc) is 3.06. The number of aromatic nitrogens is 3. The van der Waals surface area contributed by atoms with E-state index in [0.29, 0.717) is 23.3 Å². The van der Waals surface area contributed by atoms with Crippen LogP contribution in [0.5, 0.6) is 0 Å². The van der Waals surface area contributed by atoms with Gasteiger partial charge in [-0.3, -0.25) is 4.79 Å². The third-order valence-corrected chi connectivity index (χ3v) is 4.73. The molecule has 1 fully saturated rings. The zero-order chi connectivity index (χ0) is 16.0. The quantitative estimate of drug-likeness (QED) is 0.910. The molecule has 1 amide bonds. The van der Waals surface area contributed by atoms with Gasteiger partial charge in [-0.05, 0) is 37.1 Å². The maximum atomic E-state index is 13.2. The number of likely N-dealkylation sites (tertiary alicyclic amines) is 1. The van der Waals surface area contributed by atoms with Crippen LogP contribution in [-0.2, 0) is 13.0 Å². The van der Waals surface area contributed by atoms with Crippen molar-refractivity contribution in [3.05, 3.63) is 41.7 Å². The molecule has 0 saturated carbocycles. The van der Waals surface area contributed by atoms with Crippen molar-refractivity contribution in [3.63, 3.8) is 0 Å². The molecule has 23 heavy (non-hydrogen) atoms. The predicted octanol–water partition coefficient (Wildman–Crippen LogP) is 1.40. The lowest BCUT2D eigenvalue weighted by Crippen LogP contribution is -2.31. The predicted molar refractivity (Wildman–Crippen MR) is 82.6 cm³/mol. The number of benzene rings is 1. The first kappa shape index (κ1) is 14.3. The van der Waals surface area contributed by atoms with Crippen LogP contribution in [0.25, 0.3) is 0 Å². The zero-order valence-corrected chi connectivity index (χ0v) is 12.9. The molecule has 1 aromatic carbocycles. The van der Waals surface area contributed by atoms with E-state index < -0.39 is 0 Å². The fourth-order valence-electron chi connectivity index (χ4n) is 3.68. The lowest BCUT2D eigenvalue weighted by Gasteiger charge is -2.25.